The van der Waals surface area contributed by atoms with Gasteiger partial charge in [0.15, 0.2) is 0 Å². The second-order valence-corrected chi connectivity index (χ2v) is 10.2. The predicted molar refractivity (Wildman–Crippen MR) is 180 cm³/mol. The van der Waals surface area contributed by atoms with Crippen LogP contribution in [-0.2, 0) is 0 Å². The van der Waals surface area contributed by atoms with Crippen LogP contribution in [0.3, 0.4) is 0 Å². The molecule has 0 aromatic heterocycles. The Hall–Kier alpha value is -2.85. The van der Waals surface area contributed by atoms with E-state index in [-0.39, 0.29) is 5.41 Å². The smallest absolute Gasteiger partial charge is 0.0621 e. The Balaban J connectivity index is 0. The third-order valence-electron chi connectivity index (χ3n) is 6.55. The molecule has 0 radical (unpaired) electrons. The molecular formula is C38H59N. The monoisotopic (exact) mass is 529 g/mol. The van der Waals surface area contributed by atoms with Gasteiger partial charge in [0, 0.05) is 5.71 Å². The number of hydrogen-bond acceptors (Lipinski definition) is 1. The number of terminal acetylenes is 1. The average Bonchev–Trinajstić information content (AvgIpc) is 2.93. The zero-order valence-electron chi connectivity index (χ0n) is 27.4. The van der Waals surface area contributed by atoms with E-state index in [4.69, 9.17) is 4.99 Å². The quantitative estimate of drug-likeness (QED) is 0.204. The average molecular weight is 530 g/mol. The molecule has 2 aliphatic carbocycles. The van der Waals surface area contributed by atoms with Crippen LogP contribution in [0.15, 0.2) is 94.7 Å². The van der Waals surface area contributed by atoms with E-state index >= 15 is 0 Å². The van der Waals surface area contributed by atoms with Crippen molar-refractivity contribution in [2.75, 3.05) is 0 Å². The molecule has 0 N–H and O–H groups in total. The van der Waals surface area contributed by atoms with Crippen molar-refractivity contribution in [2.24, 2.45) is 22.2 Å². The highest BCUT2D eigenvalue weighted by Crippen LogP contribution is 2.42. The minimum atomic E-state index is 0.182. The first-order valence-corrected chi connectivity index (χ1v) is 15.0. The van der Waals surface area contributed by atoms with Crippen LogP contribution in [-0.4, -0.2) is 5.71 Å². The van der Waals surface area contributed by atoms with Gasteiger partial charge in [-0.1, -0.05) is 133 Å². The van der Waals surface area contributed by atoms with Crippen molar-refractivity contribution in [2.45, 2.75) is 109 Å². The lowest BCUT2D eigenvalue weighted by molar-refractivity contribution is 0.289. The minimum Gasteiger partial charge on any atom is -0.254 e. The first-order valence-electron chi connectivity index (χ1n) is 15.0. The summed E-state index contributed by atoms with van der Waals surface area (Å²) in [5.41, 5.74) is 6.53. The van der Waals surface area contributed by atoms with Crippen molar-refractivity contribution in [1.82, 2.24) is 0 Å². The van der Waals surface area contributed by atoms with Gasteiger partial charge in [-0.15, -0.1) is 12.3 Å². The molecule has 3 rings (SSSR count). The molecule has 0 spiro atoms. The Bertz CT molecular complexity index is 991. The van der Waals surface area contributed by atoms with Gasteiger partial charge < -0.3 is 0 Å². The minimum absolute atomic E-state index is 0.182. The summed E-state index contributed by atoms with van der Waals surface area (Å²) in [7, 11) is 0. The Morgan fingerprint density at radius 3 is 2.13 bits per heavy atom. The summed E-state index contributed by atoms with van der Waals surface area (Å²) in [5.74, 6) is 3.33. The molecule has 1 heteroatoms. The fourth-order valence-corrected chi connectivity index (χ4v) is 4.33. The molecule has 1 aromatic carbocycles. The van der Waals surface area contributed by atoms with Crippen LogP contribution < -0.4 is 0 Å². The molecule has 0 saturated carbocycles. The van der Waals surface area contributed by atoms with E-state index in [1.54, 1.807) is 6.92 Å². The lowest BCUT2D eigenvalue weighted by Crippen LogP contribution is -2.29. The molecule has 0 saturated heterocycles. The van der Waals surface area contributed by atoms with Crippen LogP contribution >= 0.6 is 0 Å². The molecule has 39 heavy (non-hydrogen) atoms. The molecule has 0 fully saturated rings. The molecule has 0 amide bonds. The van der Waals surface area contributed by atoms with Crippen LogP contribution in [0.4, 0.5) is 0 Å². The second-order valence-electron chi connectivity index (χ2n) is 10.2. The third kappa shape index (κ3) is 15.4. The summed E-state index contributed by atoms with van der Waals surface area (Å²) < 4.78 is 0. The van der Waals surface area contributed by atoms with Crippen molar-refractivity contribution in [3.8, 4) is 12.3 Å². The Kier molecular flexibility index (Phi) is 22.7. The normalized spacial score (nSPS) is 19.4. The summed E-state index contributed by atoms with van der Waals surface area (Å²) in [4.78, 5) is 5.03. The van der Waals surface area contributed by atoms with Gasteiger partial charge in [0.1, 0.15) is 0 Å². The SMILES string of the molecule is C#CC.CC.CC=CC(C)(CC)C1CC=CC=C1C(C)=NC1=CC(C)CC=C1C.CCC.Cc1ccccc1. The van der Waals surface area contributed by atoms with Crippen LogP contribution in [0.1, 0.15) is 107 Å². The number of nitrogens with zero attached hydrogens (tertiary/aromatic N) is 1. The molecule has 1 aromatic rings. The molecule has 3 atom stereocenters. The molecule has 0 bridgehead atoms. The number of allylic oxidation sites excluding steroid dienone is 9. The van der Waals surface area contributed by atoms with Crippen LogP contribution in [0, 0.1) is 36.5 Å². The Morgan fingerprint density at radius 2 is 1.67 bits per heavy atom. The van der Waals surface area contributed by atoms with Gasteiger partial charge in [-0.25, -0.2) is 0 Å². The first-order chi connectivity index (χ1) is 18.6. The van der Waals surface area contributed by atoms with Gasteiger partial charge >= 0.3 is 0 Å². The molecule has 3 unspecified atom stereocenters. The van der Waals surface area contributed by atoms with Crippen molar-refractivity contribution in [3.63, 3.8) is 0 Å². The lowest BCUT2D eigenvalue weighted by atomic mass is 9.67. The summed E-state index contributed by atoms with van der Waals surface area (Å²) in [5, 5.41) is 0. The third-order valence-corrected chi connectivity index (χ3v) is 6.55. The van der Waals surface area contributed by atoms with E-state index in [2.05, 4.69) is 129 Å². The van der Waals surface area contributed by atoms with Gasteiger partial charge in [0.05, 0.1) is 5.70 Å². The summed E-state index contributed by atoms with van der Waals surface area (Å²) >= 11 is 0. The standard InChI is InChI=1S/C23H33N.C7H8.C3H8.C3H4.C2H6/c1-7-15-23(6,8-2)21-12-10-9-11-20(21)19(5)24-22-16-17(3)13-14-18(22)4;1-7-5-3-2-4-6-7;2*1-3-2;1-2/h7,9-11,14-17,21H,8,12-13H2,1-6H3;2-6H,1H3;3H2,1-2H3;1H,2H3;1-2H3. The van der Waals surface area contributed by atoms with Crippen LogP contribution in [0.2, 0.25) is 0 Å². The van der Waals surface area contributed by atoms with E-state index in [1.165, 1.54) is 28.8 Å². The predicted octanol–water partition coefficient (Wildman–Crippen LogP) is 11.9. The van der Waals surface area contributed by atoms with Crippen LogP contribution in [0.5, 0.6) is 0 Å². The summed E-state index contributed by atoms with van der Waals surface area (Å²) in [6, 6.07) is 10.3. The molecule has 0 aliphatic heterocycles. The number of hydrogen-bond donors (Lipinski definition) is 0. The highest BCUT2D eigenvalue weighted by atomic mass is 14.8. The van der Waals surface area contributed by atoms with Crippen molar-refractivity contribution < 1.29 is 0 Å². The first kappa shape index (κ1) is 38.3. The highest BCUT2D eigenvalue weighted by molar-refractivity contribution is 6.00. The Labute approximate surface area is 244 Å². The zero-order chi connectivity index (χ0) is 30.3. The highest BCUT2D eigenvalue weighted by Gasteiger charge is 2.33. The van der Waals surface area contributed by atoms with Gasteiger partial charge in [0.25, 0.3) is 0 Å². The van der Waals surface area contributed by atoms with E-state index < -0.39 is 0 Å². The number of benzene rings is 1. The number of aryl methyl sites for hydroxylation is 1. The maximum Gasteiger partial charge on any atom is 0.0621 e. The van der Waals surface area contributed by atoms with Gasteiger partial charge in [-0.3, -0.25) is 4.99 Å². The fraction of sp³-hybridized carbons (Fsp3) is 0.500. The van der Waals surface area contributed by atoms with E-state index in [0.717, 1.165) is 25.0 Å². The van der Waals surface area contributed by atoms with Crippen molar-refractivity contribution >= 4 is 5.71 Å². The topological polar surface area (TPSA) is 12.4 Å². The van der Waals surface area contributed by atoms with Crippen molar-refractivity contribution in [3.05, 3.63) is 95.3 Å². The van der Waals surface area contributed by atoms with E-state index in [1.807, 2.05) is 32.0 Å². The maximum absolute atomic E-state index is 5.03. The molecule has 2 aliphatic rings. The molecule has 0 heterocycles. The lowest BCUT2D eigenvalue weighted by Gasteiger charge is -2.37. The van der Waals surface area contributed by atoms with Crippen LogP contribution in [0.25, 0.3) is 0 Å². The largest absolute Gasteiger partial charge is 0.254 e. The zero-order valence-corrected chi connectivity index (χ0v) is 27.4. The molecule has 1 nitrogen and oxygen atoms in total. The Morgan fingerprint density at radius 1 is 1.10 bits per heavy atom. The van der Waals surface area contributed by atoms with E-state index in [0.29, 0.717) is 11.8 Å². The summed E-state index contributed by atoms with van der Waals surface area (Å²) in [6.45, 7) is 25.4. The van der Waals surface area contributed by atoms with Gasteiger partial charge in [0.2, 0.25) is 0 Å². The van der Waals surface area contributed by atoms with Crippen molar-refractivity contribution in [1.29, 1.82) is 0 Å². The second kappa shape index (κ2) is 23.1. The van der Waals surface area contributed by atoms with Gasteiger partial charge in [-0.2, -0.15) is 0 Å². The number of aliphatic imine (C=N–C) groups is 1. The van der Waals surface area contributed by atoms with E-state index in [9.17, 15) is 0 Å². The molecular weight excluding hydrogens is 470 g/mol. The molecule has 216 valence electrons. The summed E-state index contributed by atoms with van der Waals surface area (Å²) in [6.07, 6.45) is 25.2. The fourth-order valence-electron chi connectivity index (χ4n) is 4.33. The number of rotatable bonds is 5. The van der Waals surface area contributed by atoms with Gasteiger partial charge in [-0.05, 0) is 82.3 Å². The maximum atomic E-state index is 5.03.